The van der Waals surface area contributed by atoms with E-state index in [-0.39, 0.29) is 5.56 Å². The summed E-state index contributed by atoms with van der Waals surface area (Å²) in [7, 11) is 0. The third-order valence-corrected chi connectivity index (χ3v) is 4.97. The number of hydrogen-bond acceptors (Lipinski definition) is 8. The standard InChI is InChI=1S/C14H15Cl2F3N3O8P/c15-31(16,28)29-5-7-8(23)9(24)11(30-7)22-4-6(10(25)21-13(22)27)2-1-3-20-12(26)14(17,18)19/h1-2,4,7-9,11,23-24H,3,5H2,(H,20,26)(H,21,25,27)/b2-1+/t7-,8+,9?,11-/m1/s1. The Bertz CT molecular complexity index is 1010. The van der Waals surface area contributed by atoms with Crippen LogP contribution in [-0.2, 0) is 18.6 Å². The predicted octanol–water partition coefficient (Wildman–Crippen LogP) is 0.450. The molecular weight excluding hydrogens is 497 g/mol. The molecule has 0 radical (unpaired) electrons. The molecule has 0 saturated carbocycles. The molecule has 31 heavy (non-hydrogen) atoms. The summed E-state index contributed by atoms with van der Waals surface area (Å²) >= 11 is 10.5. The van der Waals surface area contributed by atoms with Gasteiger partial charge in [-0.15, -0.1) is 0 Å². The number of nitrogens with zero attached hydrogens (tertiary/aromatic N) is 1. The van der Waals surface area contributed by atoms with E-state index in [1.165, 1.54) is 0 Å². The fourth-order valence-corrected chi connectivity index (χ4v) is 3.16. The minimum atomic E-state index is -5.07. The monoisotopic (exact) mass is 511 g/mol. The number of carbonyl (C=O) groups is 1. The zero-order valence-electron chi connectivity index (χ0n) is 15.1. The molecule has 11 nitrogen and oxygen atoms in total. The minimum absolute atomic E-state index is 0.239. The number of H-pyrrole nitrogens is 1. The molecule has 0 spiro atoms. The second kappa shape index (κ2) is 9.86. The van der Waals surface area contributed by atoms with E-state index >= 15 is 0 Å². The number of carbonyl (C=O) groups excluding carboxylic acids is 1. The molecule has 2 heterocycles. The van der Waals surface area contributed by atoms with Crippen molar-refractivity contribution < 1.29 is 42.0 Å². The van der Waals surface area contributed by atoms with E-state index in [2.05, 4.69) is 4.52 Å². The largest absolute Gasteiger partial charge is 0.471 e. The highest BCUT2D eigenvalue weighted by atomic mass is 35.9. The topological polar surface area (TPSA) is 160 Å². The van der Waals surface area contributed by atoms with Crippen LogP contribution in [0.2, 0.25) is 0 Å². The van der Waals surface area contributed by atoms with Gasteiger partial charge in [0.1, 0.15) is 18.3 Å². The second-order valence-electron chi connectivity index (χ2n) is 6.12. The lowest BCUT2D eigenvalue weighted by atomic mass is 10.1. The summed E-state index contributed by atoms with van der Waals surface area (Å²) in [6, 6.07) is 0. The molecular formula is C14H15Cl2F3N3O8P. The highest BCUT2D eigenvalue weighted by Gasteiger charge is 2.45. The number of amides is 1. The van der Waals surface area contributed by atoms with E-state index in [9.17, 15) is 42.3 Å². The van der Waals surface area contributed by atoms with Crippen molar-refractivity contribution in [1.82, 2.24) is 14.9 Å². The van der Waals surface area contributed by atoms with Gasteiger partial charge < -0.3 is 24.8 Å². The van der Waals surface area contributed by atoms with Gasteiger partial charge in [0.15, 0.2) is 6.23 Å². The predicted molar refractivity (Wildman–Crippen MR) is 101 cm³/mol. The van der Waals surface area contributed by atoms with Gasteiger partial charge in [-0.2, -0.15) is 13.2 Å². The van der Waals surface area contributed by atoms with Gasteiger partial charge >= 0.3 is 23.8 Å². The maximum atomic E-state index is 12.1. The van der Waals surface area contributed by atoms with Crippen molar-refractivity contribution in [3.8, 4) is 0 Å². The van der Waals surface area contributed by atoms with E-state index in [1.807, 2.05) is 4.98 Å². The maximum absolute atomic E-state index is 12.1. The molecule has 1 aromatic rings. The molecule has 1 saturated heterocycles. The highest BCUT2D eigenvalue weighted by Crippen LogP contribution is 2.57. The first-order chi connectivity index (χ1) is 14.2. The van der Waals surface area contributed by atoms with Crippen LogP contribution in [0.25, 0.3) is 6.08 Å². The Morgan fingerprint density at radius 2 is 2.00 bits per heavy atom. The minimum Gasteiger partial charge on any atom is -0.387 e. The molecule has 4 atom stereocenters. The molecule has 0 aliphatic carbocycles. The lowest BCUT2D eigenvalue weighted by molar-refractivity contribution is -0.173. The third-order valence-electron chi connectivity index (χ3n) is 3.93. The number of nitrogens with one attached hydrogen (secondary N) is 2. The Balaban J connectivity index is 2.18. The Labute approximate surface area is 180 Å². The summed E-state index contributed by atoms with van der Waals surface area (Å²) in [5, 5.41) is 21.7. The number of halogens is 5. The average Bonchev–Trinajstić information content (AvgIpc) is 2.91. The average molecular weight is 512 g/mol. The molecule has 1 aromatic heterocycles. The summed E-state index contributed by atoms with van der Waals surface area (Å²) in [5.74, 6) is -2.18. The van der Waals surface area contributed by atoms with Crippen LogP contribution in [0.1, 0.15) is 11.8 Å². The molecule has 1 amide bonds. The molecule has 2 rings (SSSR count). The van der Waals surface area contributed by atoms with Crippen molar-refractivity contribution >= 4 is 40.5 Å². The first-order valence-electron chi connectivity index (χ1n) is 8.23. The van der Waals surface area contributed by atoms with Crippen molar-refractivity contribution in [1.29, 1.82) is 0 Å². The first-order valence-corrected chi connectivity index (χ1v) is 11.7. The van der Waals surface area contributed by atoms with E-state index < -0.39 is 67.1 Å². The summed E-state index contributed by atoms with van der Waals surface area (Å²) in [5.41, 5.74) is -2.19. The van der Waals surface area contributed by atoms with Gasteiger partial charge in [-0.25, -0.2) is 4.79 Å². The molecule has 4 N–H and O–H groups in total. The van der Waals surface area contributed by atoms with Crippen LogP contribution >= 0.6 is 28.6 Å². The fraction of sp³-hybridized carbons (Fsp3) is 0.500. The number of aliphatic hydroxyl groups excluding tert-OH is 2. The molecule has 17 heteroatoms. The van der Waals surface area contributed by atoms with Gasteiger partial charge in [0.2, 0.25) is 0 Å². The third kappa shape index (κ3) is 6.91. The van der Waals surface area contributed by atoms with Crippen LogP contribution in [0.4, 0.5) is 13.2 Å². The summed E-state index contributed by atoms with van der Waals surface area (Å²) in [4.78, 5) is 36.6. The van der Waals surface area contributed by atoms with Gasteiger partial charge in [0, 0.05) is 12.7 Å². The fourth-order valence-electron chi connectivity index (χ4n) is 2.50. The molecule has 1 fully saturated rings. The Hall–Kier alpha value is -1.67. The Kier molecular flexibility index (Phi) is 8.14. The van der Waals surface area contributed by atoms with Crippen molar-refractivity contribution in [2.75, 3.05) is 13.2 Å². The van der Waals surface area contributed by atoms with Crippen molar-refractivity contribution in [2.24, 2.45) is 0 Å². The van der Waals surface area contributed by atoms with Crippen LogP contribution in [0, 0.1) is 0 Å². The normalized spacial score (nSPS) is 24.6. The number of alkyl halides is 3. The van der Waals surface area contributed by atoms with Gasteiger partial charge in [0.05, 0.1) is 12.2 Å². The Morgan fingerprint density at radius 1 is 1.35 bits per heavy atom. The highest BCUT2D eigenvalue weighted by molar-refractivity contribution is 8.05. The summed E-state index contributed by atoms with van der Waals surface area (Å²) in [6.45, 7) is -1.17. The van der Waals surface area contributed by atoms with E-state index in [0.717, 1.165) is 18.3 Å². The number of aromatic amines is 1. The lowest BCUT2D eigenvalue weighted by Crippen LogP contribution is -2.38. The van der Waals surface area contributed by atoms with E-state index in [0.29, 0.717) is 4.57 Å². The SMILES string of the molecule is O=C(NC/C=C/c1cn([C@@H]2O[C@H](COP(=O)(Cl)Cl)[C@H](O)C2O)c(=O)[nH]c1=O)C(F)(F)F. The van der Waals surface area contributed by atoms with Gasteiger partial charge in [-0.05, 0) is 22.5 Å². The van der Waals surface area contributed by atoms with Gasteiger partial charge in [-0.1, -0.05) is 12.2 Å². The smallest absolute Gasteiger partial charge is 0.387 e. The summed E-state index contributed by atoms with van der Waals surface area (Å²) < 4.78 is 58.2. The lowest BCUT2D eigenvalue weighted by Gasteiger charge is -2.17. The quantitative estimate of drug-likeness (QED) is 0.384. The van der Waals surface area contributed by atoms with Crippen LogP contribution in [-0.4, -0.2) is 63.3 Å². The molecule has 0 bridgehead atoms. The van der Waals surface area contributed by atoms with Crippen LogP contribution in [0.15, 0.2) is 21.9 Å². The number of ether oxygens (including phenoxy) is 1. The van der Waals surface area contributed by atoms with Crippen LogP contribution in [0.5, 0.6) is 0 Å². The van der Waals surface area contributed by atoms with E-state index in [1.54, 1.807) is 5.32 Å². The van der Waals surface area contributed by atoms with Crippen molar-refractivity contribution in [2.45, 2.75) is 30.7 Å². The van der Waals surface area contributed by atoms with Crippen LogP contribution in [0.3, 0.4) is 0 Å². The van der Waals surface area contributed by atoms with Gasteiger partial charge in [-0.3, -0.25) is 23.7 Å². The number of aliphatic hydroxyl groups is 2. The van der Waals surface area contributed by atoms with E-state index in [4.69, 9.17) is 27.2 Å². The molecule has 1 aliphatic heterocycles. The van der Waals surface area contributed by atoms with Gasteiger partial charge in [0.25, 0.3) is 5.56 Å². The Morgan fingerprint density at radius 3 is 2.58 bits per heavy atom. The van der Waals surface area contributed by atoms with Crippen molar-refractivity contribution in [3.63, 3.8) is 0 Å². The molecule has 1 aliphatic rings. The zero-order valence-corrected chi connectivity index (χ0v) is 17.5. The molecule has 1 unspecified atom stereocenters. The number of aromatic nitrogens is 2. The number of rotatable bonds is 7. The second-order valence-corrected chi connectivity index (χ2v) is 10.4. The van der Waals surface area contributed by atoms with Crippen LogP contribution < -0.4 is 16.6 Å². The zero-order chi connectivity index (χ0) is 23.6. The molecule has 174 valence electrons. The number of hydrogen-bond donors (Lipinski definition) is 4. The summed E-state index contributed by atoms with van der Waals surface area (Å²) in [6.07, 6.45) is -12.2. The first kappa shape index (κ1) is 25.6. The van der Waals surface area contributed by atoms with Crippen molar-refractivity contribution in [3.05, 3.63) is 38.7 Å². The maximum Gasteiger partial charge on any atom is 0.471 e. The molecule has 0 aromatic carbocycles.